The number of epoxide rings is 1. The van der Waals surface area contributed by atoms with Crippen LogP contribution < -0.4 is 0 Å². The lowest BCUT2D eigenvalue weighted by molar-refractivity contribution is -0.240. The van der Waals surface area contributed by atoms with Gasteiger partial charge in [-0.25, -0.2) is 14.4 Å². The summed E-state index contributed by atoms with van der Waals surface area (Å²) in [5.74, 6) is -2.57. The van der Waals surface area contributed by atoms with Crippen LogP contribution in [0.25, 0.3) is 0 Å². The average molecular weight is 519 g/mol. The van der Waals surface area contributed by atoms with Crippen LogP contribution in [0.15, 0.2) is 36.0 Å². The van der Waals surface area contributed by atoms with Gasteiger partial charge in [0, 0.05) is 24.0 Å². The summed E-state index contributed by atoms with van der Waals surface area (Å²) in [6, 6.07) is 0. The Labute approximate surface area is 215 Å². The Hall–Kier alpha value is -2.53. The number of hydrogen-bond donors (Lipinski definition) is 2. The van der Waals surface area contributed by atoms with Crippen molar-refractivity contribution in [2.45, 2.75) is 76.2 Å². The third-order valence-electron chi connectivity index (χ3n) is 9.22. The van der Waals surface area contributed by atoms with Gasteiger partial charge in [-0.05, 0) is 31.3 Å². The van der Waals surface area contributed by atoms with E-state index in [-0.39, 0.29) is 32.2 Å². The normalized spacial score (nSPS) is 47.1. The van der Waals surface area contributed by atoms with Gasteiger partial charge in [-0.1, -0.05) is 32.1 Å². The van der Waals surface area contributed by atoms with E-state index in [4.69, 9.17) is 23.7 Å². The summed E-state index contributed by atoms with van der Waals surface area (Å²) in [4.78, 5) is 37.6. The maximum absolute atomic E-state index is 13.0. The van der Waals surface area contributed by atoms with Crippen LogP contribution in [0.4, 0.5) is 0 Å². The Bertz CT molecular complexity index is 1060. The van der Waals surface area contributed by atoms with Crippen LogP contribution in [0, 0.1) is 16.7 Å². The number of cyclic esters (lactones) is 2. The molecule has 3 aliphatic heterocycles. The highest BCUT2D eigenvalue weighted by molar-refractivity contribution is 5.84. The van der Waals surface area contributed by atoms with Gasteiger partial charge in [-0.2, -0.15) is 0 Å². The molecule has 5 aliphatic rings. The molecule has 10 heteroatoms. The van der Waals surface area contributed by atoms with Crippen LogP contribution in [-0.2, 0) is 38.1 Å². The summed E-state index contributed by atoms with van der Waals surface area (Å²) >= 11 is 0. The lowest BCUT2D eigenvalue weighted by atomic mass is 9.51. The molecule has 3 heterocycles. The summed E-state index contributed by atoms with van der Waals surface area (Å²) in [7, 11) is 0. The minimum atomic E-state index is -1.44. The van der Waals surface area contributed by atoms with Crippen LogP contribution in [0.1, 0.15) is 40.0 Å². The molecule has 2 saturated heterocycles. The summed E-state index contributed by atoms with van der Waals surface area (Å²) in [6.45, 7) is 5.67. The predicted octanol–water partition coefficient (Wildman–Crippen LogP) is 1.14. The molecule has 10 nitrogen and oxygen atoms in total. The van der Waals surface area contributed by atoms with Gasteiger partial charge in [-0.15, -0.1) is 0 Å². The SMILES string of the molecule is CC1=CC2OC3CC4OC(=O)C=C/C=C/C(=O)OCCC(C)C(O)C(=O)OCC2(CC1O)C4(C)C31CO1. The molecule has 2 bridgehead atoms. The highest BCUT2D eigenvalue weighted by atomic mass is 16.6. The minimum absolute atomic E-state index is 0.00243. The van der Waals surface area contributed by atoms with Crippen molar-refractivity contribution in [3.05, 3.63) is 36.0 Å². The topological polar surface area (TPSA) is 141 Å². The zero-order chi connectivity index (χ0) is 26.6. The van der Waals surface area contributed by atoms with Crippen molar-refractivity contribution in [3.63, 3.8) is 0 Å². The lowest BCUT2D eigenvalue weighted by Gasteiger charge is -2.58. The second-order valence-electron chi connectivity index (χ2n) is 11.1. The molecule has 9 atom stereocenters. The number of carbonyl (C=O) groups is 3. The molecule has 2 aliphatic carbocycles. The van der Waals surface area contributed by atoms with Crippen molar-refractivity contribution in [1.82, 2.24) is 0 Å². The lowest BCUT2D eigenvalue weighted by Crippen LogP contribution is -2.68. The Balaban J connectivity index is 1.54. The van der Waals surface area contributed by atoms with Crippen molar-refractivity contribution in [2.24, 2.45) is 16.7 Å². The van der Waals surface area contributed by atoms with Gasteiger partial charge in [0.05, 0.1) is 36.9 Å². The molecule has 1 saturated carbocycles. The fourth-order valence-electron chi connectivity index (χ4n) is 6.66. The Kier molecular flexibility index (Phi) is 6.59. The summed E-state index contributed by atoms with van der Waals surface area (Å²) in [5.41, 5.74) is -1.84. The molecule has 9 unspecified atom stereocenters. The highest BCUT2D eigenvalue weighted by Crippen LogP contribution is 2.72. The number of aliphatic hydroxyl groups is 2. The van der Waals surface area contributed by atoms with E-state index in [2.05, 4.69) is 0 Å². The molecule has 2 spiro atoms. The Morgan fingerprint density at radius 1 is 1.00 bits per heavy atom. The molecule has 37 heavy (non-hydrogen) atoms. The number of ether oxygens (including phenoxy) is 5. The Morgan fingerprint density at radius 3 is 2.41 bits per heavy atom. The van der Waals surface area contributed by atoms with Crippen molar-refractivity contribution in [3.8, 4) is 0 Å². The first-order valence-electron chi connectivity index (χ1n) is 12.8. The summed E-state index contributed by atoms with van der Waals surface area (Å²) in [5, 5.41) is 21.6. The minimum Gasteiger partial charge on any atom is -0.463 e. The number of aliphatic hydroxyl groups excluding tert-OH is 2. The van der Waals surface area contributed by atoms with Crippen molar-refractivity contribution >= 4 is 17.9 Å². The van der Waals surface area contributed by atoms with E-state index in [1.807, 2.05) is 19.9 Å². The van der Waals surface area contributed by atoms with E-state index in [0.717, 1.165) is 5.57 Å². The van der Waals surface area contributed by atoms with Gasteiger partial charge < -0.3 is 33.9 Å². The van der Waals surface area contributed by atoms with Gasteiger partial charge in [0.2, 0.25) is 0 Å². The van der Waals surface area contributed by atoms with E-state index in [0.29, 0.717) is 13.0 Å². The Morgan fingerprint density at radius 2 is 1.70 bits per heavy atom. The number of allylic oxidation sites excluding steroid dienone is 2. The molecule has 0 amide bonds. The molecular weight excluding hydrogens is 484 g/mol. The number of hydrogen-bond acceptors (Lipinski definition) is 10. The first-order valence-corrected chi connectivity index (χ1v) is 12.8. The van der Waals surface area contributed by atoms with Crippen LogP contribution in [0.5, 0.6) is 0 Å². The fraction of sp³-hybridized carbons (Fsp3) is 0.667. The van der Waals surface area contributed by atoms with Gasteiger partial charge >= 0.3 is 17.9 Å². The zero-order valence-corrected chi connectivity index (χ0v) is 21.3. The van der Waals surface area contributed by atoms with E-state index in [1.54, 1.807) is 6.92 Å². The summed E-state index contributed by atoms with van der Waals surface area (Å²) in [6.07, 6.45) is 4.09. The molecule has 5 rings (SSSR count). The summed E-state index contributed by atoms with van der Waals surface area (Å²) < 4.78 is 29.3. The molecule has 0 aromatic carbocycles. The van der Waals surface area contributed by atoms with Crippen LogP contribution in [0.2, 0.25) is 0 Å². The smallest absolute Gasteiger partial charge is 0.335 e. The maximum atomic E-state index is 13.0. The fourth-order valence-corrected chi connectivity index (χ4v) is 6.66. The van der Waals surface area contributed by atoms with Crippen LogP contribution in [-0.4, -0.2) is 84.1 Å². The van der Waals surface area contributed by atoms with Crippen molar-refractivity contribution in [1.29, 1.82) is 0 Å². The predicted molar refractivity (Wildman–Crippen MR) is 127 cm³/mol. The quantitative estimate of drug-likeness (QED) is 0.208. The molecule has 0 aromatic rings. The third-order valence-corrected chi connectivity index (χ3v) is 9.22. The van der Waals surface area contributed by atoms with Gasteiger partial charge in [0.1, 0.15) is 18.3 Å². The third kappa shape index (κ3) is 4.05. The van der Waals surface area contributed by atoms with Gasteiger partial charge in [0.15, 0.2) is 6.10 Å². The van der Waals surface area contributed by atoms with E-state index in [9.17, 15) is 24.6 Å². The second kappa shape index (κ2) is 9.34. The van der Waals surface area contributed by atoms with E-state index < -0.39 is 64.7 Å². The second-order valence-corrected chi connectivity index (χ2v) is 11.1. The molecule has 0 aromatic heterocycles. The van der Waals surface area contributed by atoms with Gasteiger partial charge in [0.25, 0.3) is 0 Å². The molecule has 2 N–H and O–H groups in total. The largest absolute Gasteiger partial charge is 0.463 e. The van der Waals surface area contributed by atoms with E-state index >= 15 is 0 Å². The maximum Gasteiger partial charge on any atom is 0.335 e. The standard InChI is InChI=1S/C27H34O10/c1-15-8-9-33-21(29)6-4-5-7-22(30)37-18-11-20-27(14-35-27)25(18,3)26(13-34-24(32)23(15)31)12-17(28)16(2)10-19(26)36-20/h4-7,10,15,17-20,23,28,31H,8-9,11-14H2,1-3H3/b6-4+,7-5?. The van der Waals surface area contributed by atoms with Crippen LogP contribution in [0.3, 0.4) is 0 Å². The highest BCUT2D eigenvalue weighted by Gasteiger charge is 2.83. The number of esters is 3. The number of rotatable bonds is 0. The average Bonchev–Trinajstić information content (AvgIpc) is 3.63. The number of carbonyl (C=O) groups excluding carboxylic acids is 3. The molecule has 0 radical (unpaired) electrons. The molecule has 202 valence electrons. The first kappa shape index (κ1) is 26.1. The monoisotopic (exact) mass is 518 g/mol. The van der Waals surface area contributed by atoms with E-state index in [1.165, 1.54) is 24.3 Å². The van der Waals surface area contributed by atoms with Crippen molar-refractivity contribution < 1.29 is 48.3 Å². The van der Waals surface area contributed by atoms with Gasteiger partial charge in [-0.3, -0.25) is 0 Å². The molecular formula is C27H34O10. The first-order chi connectivity index (χ1) is 17.5. The molecule has 3 fully saturated rings. The zero-order valence-electron chi connectivity index (χ0n) is 21.3. The van der Waals surface area contributed by atoms with Crippen LogP contribution >= 0.6 is 0 Å². The van der Waals surface area contributed by atoms with Crippen molar-refractivity contribution in [2.75, 3.05) is 19.8 Å².